The predicted octanol–water partition coefficient (Wildman–Crippen LogP) is 1.85. The van der Waals surface area contributed by atoms with Crippen molar-refractivity contribution in [2.24, 2.45) is 0 Å². The third-order valence-corrected chi connectivity index (χ3v) is 2.68. The van der Waals surface area contributed by atoms with Gasteiger partial charge in [-0.15, -0.1) is 0 Å². The Kier molecular flexibility index (Phi) is 3.25. The number of rotatable bonds is 3. The summed E-state index contributed by atoms with van der Waals surface area (Å²) in [6, 6.07) is 9.69. The molecule has 0 aromatic heterocycles. The monoisotopic (exact) mass is 217 g/mol. The summed E-state index contributed by atoms with van der Waals surface area (Å²) < 4.78 is 5.77. The van der Waals surface area contributed by atoms with Crippen LogP contribution in [0.25, 0.3) is 0 Å². The largest absolute Gasteiger partial charge is 0.489 e. The Morgan fingerprint density at radius 1 is 1.44 bits per heavy atom. The normalized spacial score (nSPS) is 19.5. The van der Waals surface area contributed by atoms with Crippen molar-refractivity contribution in [2.75, 3.05) is 13.1 Å². The lowest BCUT2D eigenvalue weighted by Crippen LogP contribution is -2.29. The molecule has 1 aromatic rings. The first-order valence-electron chi connectivity index (χ1n) is 5.42. The van der Waals surface area contributed by atoms with Gasteiger partial charge in [0.15, 0.2) is 0 Å². The van der Waals surface area contributed by atoms with Crippen LogP contribution in [-0.2, 0) is 4.79 Å². The maximum absolute atomic E-state index is 11.4. The highest BCUT2D eigenvalue weighted by Gasteiger charge is 2.25. The molecule has 1 atom stereocenters. The van der Waals surface area contributed by atoms with Gasteiger partial charge in [0.25, 0.3) is 0 Å². The molecule has 1 aliphatic heterocycles. The molecule has 1 amide bonds. The fourth-order valence-electron chi connectivity index (χ4n) is 1.85. The maximum Gasteiger partial charge on any atom is 0.246 e. The van der Waals surface area contributed by atoms with Gasteiger partial charge in [-0.1, -0.05) is 24.8 Å². The molecule has 2 rings (SSSR count). The Labute approximate surface area is 95.3 Å². The lowest BCUT2D eigenvalue weighted by atomic mass is 10.3. The Bertz CT molecular complexity index is 375. The van der Waals surface area contributed by atoms with Crippen LogP contribution in [0.15, 0.2) is 43.0 Å². The van der Waals surface area contributed by atoms with Gasteiger partial charge in [-0.05, 0) is 18.2 Å². The van der Waals surface area contributed by atoms with E-state index in [0.29, 0.717) is 6.54 Å². The first kappa shape index (κ1) is 10.7. The number of hydrogen-bond donors (Lipinski definition) is 0. The molecule has 1 saturated heterocycles. The highest BCUT2D eigenvalue weighted by atomic mass is 16.5. The van der Waals surface area contributed by atoms with Crippen LogP contribution in [0.4, 0.5) is 0 Å². The lowest BCUT2D eigenvalue weighted by Gasteiger charge is -2.15. The minimum Gasteiger partial charge on any atom is -0.489 e. The van der Waals surface area contributed by atoms with Gasteiger partial charge in [-0.2, -0.15) is 0 Å². The molecule has 3 nitrogen and oxygen atoms in total. The van der Waals surface area contributed by atoms with Crippen LogP contribution in [0.1, 0.15) is 6.42 Å². The SMILES string of the molecule is C=CC(=O)N1CC[C@@H](Oc2ccccc2)C1. The van der Waals surface area contributed by atoms with Crippen LogP contribution in [0.5, 0.6) is 5.75 Å². The van der Waals surface area contributed by atoms with E-state index in [9.17, 15) is 4.79 Å². The van der Waals surface area contributed by atoms with Gasteiger partial charge in [0, 0.05) is 13.0 Å². The number of carbonyl (C=O) groups is 1. The van der Waals surface area contributed by atoms with Crippen molar-refractivity contribution >= 4 is 5.91 Å². The highest BCUT2D eigenvalue weighted by molar-refractivity contribution is 5.87. The van der Waals surface area contributed by atoms with Crippen LogP contribution in [0.2, 0.25) is 0 Å². The number of ether oxygens (including phenoxy) is 1. The van der Waals surface area contributed by atoms with Crippen molar-refractivity contribution in [3.8, 4) is 5.75 Å². The molecule has 1 aliphatic rings. The number of hydrogen-bond acceptors (Lipinski definition) is 2. The Hall–Kier alpha value is -1.77. The number of likely N-dealkylation sites (tertiary alicyclic amines) is 1. The average Bonchev–Trinajstić information content (AvgIpc) is 2.78. The Balaban J connectivity index is 1.90. The fourth-order valence-corrected chi connectivity index (χ4v) is 1.85. The van der Waals surface area contributed by atoms with Crippen LogP contribution in [0, 0.1) is 0 Å². The second-order valence-corrected chi connectivity index (χ2v) is 3.83. The average molecular weight is 217 g/mol. The van der Waals surface area contributed by atoms with Crippen LogP contribution < -0.4 is 4.74 Å². The van der Waals surface area contributed by atoms with E-state index >= 15 is 0 Å². The molecule has 0 unspecified atom stereocenters. The van der Waals surface area contributed by atoms with Gasteiger partial charge in [0.1, 0.15) is 11.9 Å². The Morgan fingerprint density at radius 3 is 2.88 bits per heavy atom. The molecule has 1 aromatic carbocycles. The highest BCUT2D eigenvalue weighted by Crippen LogP contribution is 2.17. The van der Waals surface area contributed by atoms with E-state index in [0.717, 1.165) is 18.7 Å². The van der Waals surface area contributed by atoms with Crippen molar-refractivity contribution in [1.82, 2.24) is 4.90 Å². The quantitative estimate of drug-likeness (QED) is 0.723. The van der Waals surface area contributed by atoms with E-state index in [-0.39, 0.29) is 12.0 Å². The molecular formula is C13H15NO2. The first-order valence-corrected chi connectivity index (χ1v) is 5.42. The summed E-state index contributed by atoms with van der Waals surface area (Å²) in [6.45, 7) is 4.89. The topological polar surface area (TPSA) is 29.5 Å². The smallest absolute Gasteiger partial charge is 0.246 e. The second-order valence-electron chi connectivity index (χ2n) is 3.83. The molecular weight excluding hydrogens is 202 g/mol. The molecule has 16 heavy (non-hydrogen) atoms. The van der Waals surface area contributed by atoms with Gasteiger partial charge < -0.3 is 9.64 Å². The van der Waals surface area contributed by atoms with Gasteiger partial charge in [0.2, 0.25) is 5.91 Å². The zero-order valence-electron chi connectivity index (χ0n) is 9.13. The van der Waals surface area contributed by atoms with E-state index in [1.807, 2.05) is 30.3 Å². The predicted molar refractivity (Wildman–Crippen MR) is 62.3 cm³/mol. The van der Waals surface area contributed by atoms with E-state index < -0.39 is 0 Å². The molecule has 1 fully saturated rings. The molecule has 3 heteroatoms. The zero-order chi connectivity index (χ0) is 11.4. The third kappa shape index (κ3) is 2.42. The van der Waals surface area contributed by atoms with Crippen molar-refractivity contribution in [1.29, 1.82) is 0 Å². The van der Waals surface area contributed by atoms with E-state index in [1.165, 1.54) is 6.08 Å². The first-order chi connectivity index (χ1) is 7.79. The van der Waals surface area contributed by atoms with E-state index in [2.05, 4.69) is 6.58 Å². The van der Waals surface area contributed by atoms with Crippen LogP contribution in [-0.4, -0.2) is 30.0 Å². The molecule has 1 heterocycles. The number of amides is 1. The summed E-state index contributed by atoms with van der Waals surface area (Å²) in [5.41, 5.74) is 0. The number of benzene rings is 1. The standard InChI is InChI=1S/C13H15NO2/c1-2-13(15)14-9-8-12(10-14)16-11-6-4-3-5-7-11/h2-7,12H,1,8-10H2/t12-/m1/s1. The maximum atomic E-state index is 11.4. The van der Waals surface area contributed by atoms with Gasteiger partial charge in [-0.3, -0.25) is 4.79 Å². The molecule has 0 saturated carbocycles. The van der Waals surface area contributed by atoms with Crippen molar-refractivity contribution in [3.05, 3.63) is 43.0 Å². The van der Waals surface area contributed by atoms with Gasteiger partial charge in [-0.25, -0.2) is 0 Å². The summed E-state index contributed by atoms with van der Waals surface area (Å²) >= 11 is 0. The van der Waals surface area contributed by atoms with Crippen molar-refractivity contribution in [2.45, 2.75) is 12.5 Å². The molecule has 0 spiro atoms. The Morgan fingerprint density at radius 2 is 2.19 bits per heavy atom. The van der Waals surface area contributed by atoms with Gasteiger partial charge in [0.05, 0.1) is 6.54 Å². The van der Waals surface area contributed by atoms with Crippen molar-refractivity contribution < 1.29 is 9.53 Å². The third-order valence-electron chi connectivity index (χ3n) is 2.68. The fraction of sp³-hybridized carbons (Fsp3) is 0.308. The van der Waals surface area contributed by atoms with Crippen LogP contribution >= 0.6 is 0 Å². The lowest BCUT2D eigenvalue weighted by molar-refractivity contribution is -0.125. The van der Waals surface area contributed by atoms with Crippen molar-refractivity contribution in [3.63, 3.8) is 0 Å². The minimum atomic E-state index is -0.0147. The molecule has 0 bridgehead atoms. The van der Waals surface area contributed by atoms with Crippen LogP contribution in [0.3, 0.4) is 0 Å². The summed E-state index contributed by atoms with van der Waals surface area (Å²) in [5.74, 6) is 0.847. The zero-order valence-corrected chi connectivity index (χ0v) is 9.13. The summed E-state index contributed by atoms with van der Waals surface area (Å²) in [7, 11) is 0. The minimum absolute atomic E-state index is 0.0147. The summed E-state index contributed by atoms with van der Waals surface area (Å²) in [5, 5.41) is 0. The summed E-state index contributed by atoms with van der Waals surface area (Å²) in [4.78, 5) is 13.1. The molecule has 0 N–H and O–H groups in total. The molecule has 0 radical (unpaired) electrons. The number of carbonyl (C=O) groups excluding carboxylic acids is 1. The van der Waals surface area contributed by atoms with E-state index in [4.69, 9.17) is 4.74 Å². The molecule has 84 valence electrons. The number of para-hydroxylation sites is 1. The summed E-state index contributed by atoms with van der Waals surface area (Å²) in [6.07, 6.45) is 2.34. The molecule has 0 aliphatic carbocycles. The number of nitrogens with zero attached hydrogens (tertiary/aromatic N) is 1. The van der Waals surface area contributed by atoms with E-state index in [1.54, 1.807) is 4.90 Å². The van der Waals surface area contributed by atoms with Gasteiger partial charge >= 0.3 is 0 Å². The second kappa shape index (κ2) is 4.84.